The van der Waals surface area contributed by atoms with E-state index >= 15 is 0 Å². The predicted molar refractivity (Wildman–Crippen MR) is 79.6 cm³/mol. The Morgan fingerprint density at radius 3 is 3.00 bits per heavy atom. The molecule has 1 aromatic carbocycles. The van der Waals surface area contributed by atoms with Crippen molar-refractivity contribution in [3.05, 3.63) is 58.8 Å². The van der Waals surface area contributed by atoms with Crippen molar-refractivity contribution in [2.45, 2.75) is 0 Å². The van der Waals surface area contributed by atoms with Crippen molar-refractivity contribution in [3.63, 3.8) is 0 Å². The number of hydrazone groups is 1. The number of halogens is 1. The summed E-state index contributed by atoms with van der Waals surface area (Å²) < 4.78 is 6.21. The number of hydrogen-bond donors (Lipinski definition) is 1. The van der Waals surface area contributed by atoms with Crippen molar-refractivity contribution < 1.29 is 9.53 Å². The van der Waals surface area contributed by atoms with Crippen molar-refractivity contribution in [3.8, 4) is 5.75 Å². The zero-order chi connectivity index (χ0) is 14.2. The summed E-state index contributed by atoms with van der Waals surface area (Å²) in [7, 11) is 0. The number of ether oxygens (including phenoxy) is 1. The summed E-state index contributed by atoms with van der Waals surface area (Å²) in [4.78, 5) is 15.6. The molecule has 0 fully saturated rings. The van der Waals surface area contributed by atoms with Crippen LogP contribution in [0.4, 0.5) is 0 Å². The predicted octanol–water partition coefficient (Wildman–Crippen LogP) is 2.37. The molecule has 0 aliphatic carbocycles. The standard InChI is InChI=1S/C14H12BrN3O2/c15-11-4-3-6-13(8-11)20-10-14(19)18-17-9-12-5-1-2-7-16-12/h1-9H,10H2,(H,18,19)/b17-9-. The van der Waals surface area contributed by atoms with E-state index in [1.54, 1.807) is 24.4 Å². The number of carbonyl (C=O) groups is 1. The third-order valence-corrected chi connectivity index (χ3v) is 2.73. The Morgan fingerprint density at radius 2 is 2.25 bits per heavy atom. The van der Waals surface area contributed by atoms with Gasteiger partial charge in [0.05, 0.1) is 11.9 Å². The monoisotopic (exact) mass is 333 g/mol. The van der Waals surface area contributed by atoms with Crippen molar-refractivity contribution in [1.82, 2.24) is 10.4 Å². The molecule has 0 atom stereocenters. The van der Waals surface area contributed by atoms with E-state index in [9.17, 15) is 4.79 Å². The Hall–Kier alpha value is -2.21. The van der Waals surface area contributed by atoms with Crippen LogP contribution >= 0.6 is 15.9 Å². The topological polar surface area (TPSA) is 63.6 Å². The van der Waals surface area contributed by atoms with Gasteiger partial charge in [0.1, 0.15) is 5.75 Å². The summed E-state index contributed by atoms with van der Waals surface area (Å²) in [5, 5.41) is 3.80. The molecule has 1 aromatic heterocycles. The number of benzene rings is 1. The van der Waals surface area contributed by atoms with Crippen LogP contribution in [0.3, 0.4) is 0 Å². The Morgan fingerprint density at radius 1 is 1.35 bits per heavy atom. The maximum absolute atomic E-state index is 11.5. The van der Waals surface area contributed by atoms with Gasteiger partial charge in [0.25, 0.3) is 5.91 Å². The third kappa shape index (κ3) is 4.81. The molecular weight excluding hydrogens is 322 g/mol. The zero-order valence-corrected chi connectivity index (χ0v) is 12.1. The highest BCUT2D eigenvalue weighted by Gasteiger charge is 2.01. The summed E-state index contributed by atoms with van der Waals surface area (Å²) in [6, 6.07) is 12.7. The van der Waals surface area contributed by atoms with E-state index < -0.39 is 0 Å². The van der Waals surface area contributed by atoms with E-state index in [0.29, 0.717) is 11.4 Å². The van der Waals surface area contributed by atoms with E-state index in [1.807, 2.05) is 24.3 Å². The van der Waals surface area contributed by atoms with Gasteiger partial charge in [-0.25, -0.2) is 5.43 Å². The van der Waals surface area contributed by atoms with Crippen LogP contribution in [0.2, 0.25) is 0 Å². The molecule has 20 heavy (non-hydrogen) atoms. The van der Waals surface area contributed by atoms with Gasteiger partial charge in [0.15, 0.2) is 6.61 Å². The molecule has 0 saturated carbocycles. The molecule has 2 rings (SSSR count). The smallest absolute Gasteiger partial charge is 0.277 e. The fraction of sp³-hybridized carbons (Fsp3) is 0.0714. The van der Waals surface area contributed by atoms with Crippen LogP contribution in [-0.2, 0) is 4.79 Å². The summed E-state index contributed by atoms with van der Waals surface area (Å²) in [6.45, 7) is -0.101. The SMILES string of the molecule is O=C(COc1cccc(Br)c1)N/N=C\c1ccccn1. The highest BCUT2D eigenvalue weighted by Crippen LogP contribution is 2.17. The van der Waals surface area contributed by atoms with Gasteiger partial charge in [-0.2, -0.15) is 5.10 Å². The average Bonchev–Trinajstić information content (AvgIpc) is 2.46. The normalized spacial score (nSPS) is 10.4. The second kappa shape index (κ2) is 7.40. The lowest BCUT2D eigenvalue weighted by Gasteiger charge is -2.04. The minimum atomic E-state index is -0.336. The molecule has 6 heteroatoms. The first-order chi connectivity index (χ1) is 9.74. The molecule has 0 spiro atoms. The number of amides is 1. The van der Waals surface area contributed by atoms with Gasteiger partial charge in [-0.05, 0) is 30.3 Å². The van der Waals surface area contributed by atoms with Crippen molar-refractivity contribution in [2.75, 3.05) is 6.61 Å². The Bertz CT molecular complexity index is 602. The largest absolute Gasteiger partial charge is 0.484 e. The van der Waals surface area contributed by atoms with E-state index in [-0.39, 0.29) is 12.5 Å². The van der Waals surface area contributed by atoms with Crippen molar-refractivity contribution >= 4 is 28.1 Å². The van der Waals surface area contributed by atoms with E-state index in [4.69, 9.17) is 4.74 Å². The zero-order valence-electron chi connectivity index (χ0n) is 10.5. The highest BCUT2D eigenvalue weighted by atomic mass is 79.9. The summed E-state index contributed by atoms with van der Waals surface area (Å²) in [5.41, 5.74) is 3.04. The van der Waals surface area contributed by atoms with Crippen molar-refractivity contribution in [2.24, 2.45) is 5.10 Å². The quantitative estimate of drug-likeness (QED) is 0.674. The third-order valence-electron chi connectivity index (χ3n) is 2.24. The van der Waals surface area contributed by atoms with Crippen LogP contribution in [0, 0.1) is 0 Å². The first-order valence-electron chi connectivity index (χ1n) is 5.85. The van der Waals surface area contributed by atoms with Gasteiger partial charge in [-0.15, -0.1) is 0 Å². The fourth-order valence-corrected chi connectivity index (χ4v) is 1.74. The molecular formula is C14H12BrN3O2. The molecule has 1 heterocycles. The first-order valence-corrected chi connectivity index (χ1v) is 6.64. The molecule has 1 N–H and O–H groups in total. The van der Waals surface area contributed by atoms with E-state index in [2.05, 4.69) is 31.4 Å². The van der Waals surface area contributed by atoms with E-state index in [1.165, 1.54) is 6.21 Å². The lowest BCUT2D eigenvalue weighted by Crippen LogP contribution is -2.24. The van der Waals surface area contributed by atoms with Gasteiger partial charge >= 0.3 is 0 Å². The van der Waals surface area contributed by atoms with Crippen LogP contribution in [0.1, 0.15) is 5.69 Å². The molecule has 0 radical (unpaired) electrons. The van der Waals surface area contributed by atoms with Crippen LogP contribution in [-0.4, -0.2) is 23.7 Å². The Labute approximate surface area is 124 Å². The number of aromatic nitrogens is 1. The minimum Gasteiger partial charge on any atom is -0.484 e. The molecule has 2 aromatic rings. The molecule has 0 unspecified atom stereocenters. The summed E-state index contributed by atoms with van der Waals surface area (Å²) in [5.74, 6) is 0.278. The average molecular weight is 334 g/mol. The molecule has 0 bridgehead atoms. The maximum Gasteiger partial charge on any atom is 0.277 e. The minimum absolute atomic E-state index is 0.101. The molecule has 102 valence electrons. The van der Waals surface area contributed by atoms with Gasteiger partial charge in [0, 0.05) is 10.7 Å². The fourth-order valence-electron chi connectivity index (χ4n) is 1.36. The summed E-state index contributed by atoms with van der Waals surface area (Å²) in [6.07, 6.45) is 3.12. The van der Waals surface area contributed by atoms with Crippen LogP contribution < -0.4 is 10.2 Å². The number of rotatable bonds is 5. The molecule has 0 aliphatic heterocycles. The van der Waals surface area contributed by atoms with Gasteiger partial charge < -0.3 is 4.74 Å². The second-order valence-corrected chi connectivity index (χ2v) is 4.71. The molecule has 1 amide bonds. The summed E-state index contributed by atoms with van der Waals surface area (Å²) >= 11 is 3.33. The second-order valence-electron chi connectivity index (χ2n) is 3.79. The molecule has 0 saturated heterocycles. The van der Waals surface area contributed by atoms with Gasteiger partial charge in [0.2, 0.25) is 0 Å². The van der Waals surface area contributed by atoms with Crippen LogP contribution in [0.15, 0.2) is 58.2 Å². The lowest BCUT2D eigenvalue weighted by atomic mass is 10.3. The Kier molecular flexibility index (Phi) is 5.25. The Balaban J connectivity index is 1.77. The number of hydrogen-bond acceptors (Lipinski definition) is 4. The first kappa shape index (κ1) is 14.2. The number of nitrogens with one attached hydrogen (secondary N) is 1. The molecule has 0 aliphatic rings. The van der Waals surface area contributed by atoms with Crippen LogP contribution in [0.25, 0.3) is 0 Å². The molecule has 5 nitrogen and oxygen atoms in total. The number of nitrogens with zero attached hydrogens (tertiary/aromatic N) is 2. The maximum atomic E-state index is 11.5. The van der Waals surface area contributed by atoms with E-state index in [0.717, 1.165) is 4.47 Å². The van der Waals surface area contributed by atoms with Crippen LogP contribution in [0.5, 0.6) is 5.75 Å². The van der Waals surface area contributed by atoms with Gasteiger partial charge in [-0.1, -0.05) is 28.1 Å². The van der Waals surface area contributed by atoms with Crippen molar-refractivity contribution in [1.29, 1.82) is 0 Å². The number of carbonyl (C=O) groups excluding carboxylic acids is 1. The number of pyridine rings is 1. The lowest BCUT2D eigenvalue weighted by molar-refractivity contribution is -0.123. The van der Waals surface area contributed by atoms with Gasteiger partial charge in [-0.3, -0.25) is 9.78 Å². The highest BCUT2D eigenvalue weighted by molar-refractivity contribution is 9.10.